The first-order valence-corrected chi connectivity index (χ1v) is 8.68. The molecule has 3 aromatic heterocycles. The molecule has 0 aliphatic carbocycles. The molecule has 0 radical (unpaired) electrons. The first-order chi connectivity index (χ1) is 11.0. The smallest absolute Gasteiger partial charge is 0.269 e. The molecule has 0 saturated heterocycles. The van der Waals surface area contributed by atoms with Crippen molar-refractivity contribution in [3.8, 4) is 0 Å². The third kappa shape index (κ3) is 2.66. The van der Waals surface area contributed by atoms with Gasteiger partial charge in [0.25, 0.3) is 0 Å². The number of hydrogen-bond donors (Lipinski definition) is 0. The van der Waals surface area contributed by atoms with Crippen LogP contribution in [0, 0.1) is 0 Å². The van der Waals surface area contributed by atoms with E-state index in [-0.39, 0.29) is 10.8 Å². The fraction of sp³-hybridized carbons (Fsp3) is 0.476. The summed E-state index contributed by atoms with van der Waals surface area (Å²) in [5.41, 5.74) is 5.53. The summed E-state index contributed by atoms with van der Waals surface area (Å²) < 4.78 is 4.58. The van der Waals surface area contributed by atoms with Crippen LogP contribution < -0.4 is 9.30 Å². The predicted octanol–water partition coefficient (Wildman–Crippen LogP) is 4.34. The van der Waals surface area contributed by atoms with E-state index in [4.69, 9.17) is 0 Å². The zero-order valence-corrected chi connectivity index (χ0v) is 16.3. The molecule has 0 aliphatic rings. The zero-order valence-electron chi connectivity index (χ0n) is 16.3. The van der Waals surface area contributed by atoms with E-state index in [1.807, 2.05) is 0 Å². The quantitative estimate of drug-likeness (QED) is 0.606. The molecule has 0 N–H and O–H groups in total. The van der Waals surface area contributed by atoms with E-state index in [2.05, 4.69) is 106 Å². The molecule has 0 atom stereocenters. The molecule has 3 aromatic rings. The van der Waals surface area contributed by atoms with Gasteiger partial charge in [-0.25, -0.2) is 8.80 Å². The lowest BCUT2D eigenvalue weighted by atomic mass is 9.86. The van der Waals surface area contributed by atoms with Gasteiger partial charge in [-0.1, -0.05) is 41.5 Å². The topological polar surface area (TPSA) is 11.8 Å². The van der Waals surface area contributed by atoms with Gasteiger partial charge in [0.15, 0.2) is 0 Å². The predicted molar refractivity (Wildman–Crippen MR) is 102 cm³/mol. The average molecular weight is 324 g/mol. The zero-order chi connectivity index (χ0) is 17.9. The maximum absolute atomic E-state index is 2.34. The highest BCUT2D eigenvalue weighted by molar-refractivity contribution is 5.75. The second-order valence-electron chi connectivity index (χ2n) is 9.04. The van der Waals surface area contributed by atoms with Gasteiger partial charge in [0.05, 0.1) is 26.5 Å². The van der Waals surface area contributed by atoms with Crippen LogP contribution in [0.5, 0.6) is 0 Å². The van der Waals surface area contributed by atoms with Crippen molar-refractivity contribution in [2.24, 2.45) is 0 Å². The lowest BCUT2D eigenvalue weighted by molar-refractivity contribution is -0.497. The van der Waals surface area contributed by atoms with Crippen LogP contribution in [-0.2, 0) is 10.8 Å². The summed E-state index contributed by atoms with van der Waals surface area (Å²) in [7, 11) is 4.20. The third-order valence-corrected chi connectivity index (χ3v) is 4.74. The minimum Gasteiger partial charge on any atom is -0.269 e. The standard InChI is InChI=1S/C21H30N3/c1-20(2,3)15-9-11-23-17(13-15)18-14-16(21(4,5)6)10-12-24(18)19(23)22(7)8/h9-14H,1-8H3/q+1. The highest BCUT2D eigenvalue weighted by Crippen LogP contribution is 2.29. The minimum absolute atomic E-state index is 0.142. The van der Waals surface area contributed by atoms with Gasteiger partial charge in [-0.15, -0.1) is 0 Å². The van der Waals surface area contributed by atoms with Crippen molar-refractivity contribution in [3.63, 3.8) is 0 Å². The summed E-state index contributed by atoms with van der Waals surface area (Å²) in [5.74, 6) is 1.17. The molecule has 0 saturated carbocycles. The van der Waals surface area contributed by atoms with Crippen molar-refractivity contribution in [1.29, 1.82) is 0 Å². The van der Waals surface area contributed by atoms with Crippen molar-refractivity contribution in [2.75, 3.05) is 19.0 Å². The number of pyridine rings is 2. The average Bonchev–Trinajstić information content (AvgIpc) is 2.78. The maximum Gasteiger partial charge on any atom is 0.369 e. The van der Waals surface area contributed by atoms with Gasteiger partial charge < -0.3 is 0 Å². The van der Waals surface area contributed by atoms with Gasteiger partial charge in [0.2, 0.25) is 0 Å². The van der Waals surface area contributed by atoms with Gasteiger partial charge in [0.1, 0.15) is 11.0 Å². The first-order valence-electron chi connectivity index (χ1n) is 8.68. The summed E-state index contributed by atoms with van der Waals surface area (Å²) in [4.78, 5) is 2.17. The van der Waals surface area contributed by atoms with Gasteiger partial charge in [-0.05, 0) is 46.2 Å². The number of imidazole rings is 1. The molecule has 3 heterocycles. The lowest BCUT2D eigenvalue weighted by Crippen LogP contribution is -2.30. The van der Waals surface area contributed by atoms with Gasteiger partial charge in [-0.2, -0.15) is 0 Å². The van der Waals surface area contributed by atoms with Gasteiger partial charge >= 0.3 is 5.95 Å². The van der Waals surface area contributed by atoms with E-state index in [1.54, 1.807) is 0 Å². The van der Waals surface area contributed by atoms with Crippen LogP contribution in [0.1, 0.15) is 52.7 Å². The largest absolute Gasteiger partial charge is 0.369 e. The summed E-state index contributed by atoms with van der Waals surface area (Å²) in [5, 5.41) is 0. The molecule has 3 nitrogen and oxygen atoms in total. The van der Waals surface area contributed by atoms with E-state index in [0.29, 0.717) is 0 Å². The molecule has 0 fully saturated rings. The number of rotatable bonds is 1. The number of aromatic nitrogens is 2. The fourth-order valence-electron chi connectivity index (χ4n) is 3.22. The Hall–Kier alpha value is -2.03. The summed E-state index contributed by atoms with van der Waals surface area (Å²) >= 11 is 0. The monoisotopic (exact) mass is 324 g/mol. The van der Waals surface area contributed by atoms with E-state index in [1.165, 1.54) is 28.1 Å². The Morgan fingerprint density at radius 1 is 0.875 bits per heavy atom. The van der Waals surface area contributed by atoms with Crippen LogP contribution in [0.3, 0.4) is 0 Å². The Morgan fingerprint density at radius 3 is 2.00 bits per heavy atom. The second kappa shape index (κ2) is 5.23. The maximum atomic E-state index is 2.34. The summed E-state index contributed by atoms with van der Waals surface area (Å²) in [6, 6.07) is 9.16. The van der Waals surface area contributed by atoms with Crippen molar-refractivity contribution in [2.45, 2.75) is 52.4 Å². The highest BCUT2D eigenvalue weighted by Gasteiger charge is 2.25. The minimum atomic E-state index is 0.142. The van der Waals surface area contributed by atoms with Crippen LogP contribution in [0.25, 0.3) is 11.0 Å². The van der Waals surface area contributed by atoms with Crippen molar-refractivity contribution < 1.29 is 4.40 Å². The molecule has 24 heavy (non-hydrogen) atoms. The molecule has 0 spiro atoms. The molecule has 0 aromatic carbocycles. The van der Waals surface area contributed by atoms with E-state index >= 15 is 0 Å². The number of nitrogens with zero attached hydrogens (tertiary/aromatic N) is 3. The molecule has 0 amide bonds. The van der Waals surface area contributed by atoms with Crippen LogP contribution in [0.4, 0.5) is 5.95 Å². The molecule has 3 heteroatoms. The fourth-order valence-corrected chi connectivity index (χ4v) is 3.22. The Bertz CT molecular complexity index is 831. The van der Waals surface area contributed by atoms with Gasteiger partial charge in [0, 0.05) is 0 Å². The van der Waals surface area contributed by atoms with Crippen molar-refractivity contribution in [3.05, 3.63) is 47.8 Å². The molecule has 3 rings (SSSR count). The van der Waals surface area contributed by atoms with Crippen LogP contribution in [0.15, 0.2) is 36.7 Å². The Balaban J connectivity index is 2.43. The van der Waals surface area contributed by atoms with Gasteiger partial charge in [-0.3, -0.25) is 4.90 Å². The third-order valence-electron chi connectivity index (χ3n) is 4.74. The van der Waals surface area contributed by atoms with Crippen LogP contribution in [-0.4, -0.2) is 18.5 Å². The first kappa shape index (κ1) is 16.8. The molecule has 0 aliphatic heterocycles. The number of anilines is 1. The Morgan fingerprint density at radius 2 is 1.46 bits per heavy atom. The highest BCUT2D eigenvalue weighted by atomic mass is 15.3. The van der Waals surface area contributed by atoms with E-state index in [9.17, 15) is 0 Å². The normalized spacial score (nSPS) is 13.0. The molecule has 0 bridgehead atoms. The van der Waals surface area contributed by atoms with Crippen LogP contribution in [0.2, 0.25) is 0 Å². The SMILES string of the molecule is CN(C)c1n2ccc(C(C)(C)C)cc2c2cc(C(C)(C)C)cc[n+]12. The second-order valence-corrected chi connectivity index (χ2v) is 9.04. The Kier molecular flexibility index (Phi) is 3.67. The molecular weight excluding hydrogens is 294 g/mol. The van der Waals surface area contributed by atoms with Crippen molar-refractivity contribution in [1.82, 2.24) is 4.40 Å². The van der Waals surface area contributed by atoms with Crippen LogP contribution >= 0.6 is 0 Å². The molecule has 128 valence electrons. The molecular formula is C21H30N3+. The van der Waals surface area contributed by atoms with E-state index in [0.717, 1.165) is 0 Å². The number of hydrogen-bond acceptors (Lipinski definition) is 1. The van der Waals surface area contributed by atoms with E-state index < -0.39 is 0 Å². The summed E-state index contributed by atoms with van der Waals surface area (Å²) in [6.07, 6.45) is 4.41. The lowest BCUT2D eigenvalue weighted by Gasteiger charge is -2.19. The summed E-state index contributed by atoms with van der Waals surface area (Å²) in [6.45, 7) is 13.6. The Labute approximate surface area is 145 Å². The number of fused-ring (bicyclic) bond motifs is 3. The van der Waals surface area contributed by atoms with Crippen molar-refractivity contribution >= 4 is 17.0 Å². The molecule has 0 unspecified atom stereocenters.